The van der Waals surface area contributed by atoms with E-state index in [1.54, 1.807) is 24.3 Å². The number of sulfonamides is 1. The molecule has 1 aliphatic heterocycles. The molecule has 1 atom stereocenters. The van der Waals surface area contributed by atoms with Gasteiger partial charge in [-0.15, -0.1) is 0 Å². The van der Waals surface area contributed by atoms with Gasteiger partial charge in [0.25, 0.3) is 10.0 Å². The third-order valence-corrected chi connectivity index (χ3v) is 5.52. The molecule has 1 aliphatic rings. The number of carbonyl (C=O) groups excluding carboxylic acids is 1. The highest BCUT2D eigenvalue weighted by Crippen LogP contribution is 2.17. The van der Waals surface area contributed by atoms with Gasteiger partial charge in [-0.2, -0.15) is 0 Å². The molecule has 3 rings (SSSR count). The van der Waals surface area contributed by atoms with Crippen molar-refractivity contribution in [1.29, 1.82) is 0 Å². The Hall–Kier alpha value is -2.45. The van der Waals surface area contributed by atoms with E-state index in [0.717, 1.165) is 37.2 Å². The number of nitrogens with one attached hydrogen (secondary N) is 3. The second kappa shape index (κ2) is 7.84. The summed E-state index contributed by atoms with van der Waals surface area (Å²) < 4.78 is 39.9. The third kappa shape index (κ3) is 4.80. The monoisotopic (exact) mass is 377 g/mol. The van der Waals surface area contributed by atoms with Gasteiger partial charge < -0.3 is 10.6 Å². The van der Waals surface area contributed by atoms with E-state index in [1.165, 1.54) is 12.1 Å². The zero-order valence-corrected chi connectivity index (χ0v) is 14.9. The first-order valence-electron chi connectivity index (χ1n) is 8.30. The predicted molar refractivity (Wildman–Crippen MR) is 96.8 cm³/mol. The first-order chi connectivity index (χ1) is 12.4. The Labute approximate surface area is 151 Å². The van der Waals surface area contributed by atoms with Gasteiger partial charge in [-0.05, 0) is 54.9 Å². The molecule has 0 bridgehead atoms. The Kier molecular flexibility index (Phi) is 5.53. The average Bonchev–Trinajstić information content (AvgIpc) is 3.09. The Morgan fingerprint density at radius 2 is 1.81 bits per heavy atom. The fourth-order valence-corrected chi connectivity index (χ4v) is 3.82. The molecule has 6 nitrogen and oxygen atoms in total. The molecule has 8 heteroatoms. The summed E-state index contributed by atoms with van der Waals surface area (Å²) >= 11 is 0. The second-order valence-corrected chi connectivity index (χ2v) is 7.87. The standard InChI is InChI=1S/C18H20FN3O3S/c19-14-3-7-17(8-4-14)26(24,25)22-15-5-1-13(2-6-15)11-18(23)21-16-9-10-20-12-16/h1-8,16,20,22H,9-12H2,(H,21,23). The number of hydrogen-bond acceptors (Lipinski definition) is 4. The van der Waals surface area contributed by atoms with Gasteiger partial charge in [-0.3, -0.25) is 9.52 Å². The Morgan fingerprint density at radius 1 is 1.12 bits per heavy atom. The topological polar surface area (TPSA) is 87.3 Å². The molecule has 138 valence electrons. The molecule has 0 spiro atoms. The zero-order chi connectivity index (χ0) is 18.6. The summed E-state index contributed by atoms with van der Waals surface area (Å²) in [5, 5.41) is 6.15. The Morgan fingerprint density at radius 3 is 2.42 bits per heavy atom. The van der Waals surface area contributed by atoms with Crippen LogP contribution in [0.4, 0.5) is 10.1 Å². The fourth-order valence-electron chi connectivity index (χ4n) is 2.76. The van der Waals surface area contributed by atoms with Gasteiger partial charge in [0.1, 0.15) is 5.82 Å². The van der Waals surface area contributed by atoms with E-state index >= 15 is 0 Å². The molecule has 1 unspecified atom stereocenters. The minimum absolute atomic E-state index is 0.0208. The average molecular weight is 377 g/mol. The van der Waals surface area contributed by atoms with E-state index in [-0.39, 0.29) is 23.3 Å². The number of hydrogen-bond donors (Lipinski definition) is 3. The lowest BCUT2D eigenvalue weighted by Crippen LogP contribution is -2.37. The molecule has 26 heavy (non-hydrogen) atoms. The van der Waals surface area contributed by atoms with Crippen molar-refractivity contribution in [2.45, 2.75) is 23.8 Å². The van der Waals surface area contributed by atoms with Crippen molar-refractivity contribution in [1.82, 2.24) is 10.6 Å². The minimum atomic E-state index is -3.78. The quantitative estimate of drug-likeness (QED) is 0.714. The molecule has 0 radical (unpaired) electrons. The van der Waals surface area contributed by atoms with Crippen molar-refractivity contribution >= 4 is 21.6 Å². The summed E-state index contributed by atoms with van der Waals surface area (Å²) in [6.45, 7) is 1.70. The molecule has 0 aromatic heterocycles. The molecule has 1 fully saturated rings. The van der Waals surface area contributed by atoms with E-state index in [0.29, 0.717) is 5.69 Å². The number of benzene rings is 2. The maximum atomic E-state index is 12.9. The molecule has 2 aromatic carbocycles. The summed E-state index contributed by atoms with van der Waals surface area (Å²) in [6.07, 6.45) is 1.16. The molecule has 1 heterocycles. The highest BCUT2D eigenvalue weighted by Gasteiger charge is 2.17. The van der Waals surface area contributed by atoms with Crippen LogP contribution in [0.2, 0.25) is 0 Å². The predicted octanol–water partition coefficient (Wildman–Crippen LogP) is 1.65. The van der Waals surface area contributed by atoms with Crippen molar-refractivity contribution in [3.8, 4) is 0 Å². The number of carbonyl (C=O) groups is 1. The lowest BCUT2D eigenvalue weighted by molar-refractivity contribution is -0.121. The highest BCUT2D eigenvalue weighted by molar-refractivity contribution is 7.92. The third-order valence-electron chi connectivity index (χ3n) is 4.12. The van der Waals surface area contributed by atoms with Crippen LogP contribution < -0.4 is 15.4 Å². The van der Waals surface area contributed by atoms with E-state index in [4.69, 9.17) is 0 Å². The molecular formula is C18H20FN3O3S. The van der Waals surface area contributed by atoms with Gasteiger partial charge in [-0.1, -0.05) is 12.1 Å². The van der Waals surface area contributed by atoms with Crippen molar-refractivity contribution in [2.24, 2.45) is 0 Å². The SMILES string of the molecule is O=C(Cc1ccc(NS(=O)(=O)c2ccc(F)cc2)cc1)NC1CCNC1. The number of amides is 1. The van der Waals surface area contributed by atoms with Crippen LogP contribution in [0.25, 0.3) is 0 Å². The van der Waals surface area contributed by atoms with Crippen molar-refractivity contribution in [2.75, 3.05) is 17.8 Å². The Balaban J connectivity index is 1.60. The molecule has 0 saturated carbocycles. The molecule has 1 amide bonds. The van der Waals surface area contributed by atoms with Gasteiger partial charge in [0.05, 0.1) is 11.3 Å². The van der Waals surface area contributed by atoms with E-state index in [9.17, 15) is 17.6 Å². The summed E-state index contributed by atoms with van der Waals surface area (Å²) in [6, 6.07) is 11.4. The van der Waals surface area contributed by atoms with Crippen LogP contribution in [-0.2, 0) is 21.2 Å². The normalized spacial score (nSPS) is 17.0. The smallest absolute Gasteiger partial charge is 0.261 e. The first kappa shape index (κ1) is 18.3. The largest absolute Gasteiger partial charge is 0.352 e. The van der Waals surface area contributed by atoms with E-state index in [2.05, 4.69) is 15.4 Å². The molecule has 0 aliphatic carbocycles. The van der Waals surface area contributed by atoms with Crippen LogP contribution in [0.3, 0.4) is 0 Å². The van der Waals surface area contributed by atoms with E-state index < -0.39 is 15.8 Å². The number of rotatable bonds is 6. The fraction of sp³-hybridized carbons (Fsp3) is 0.278. The van der Waals surface area contributed by atoms with Gasteiger partial charge in [-0.25, -0.2) is 12.8 Å². The first-order valence-corrected chi connectivity index (χ1v) is 9.78. The number of anilines is 1. The van der Waals surface area contributed by atoms with Crippen LogP contribution in [0.15, 0.2) is 53.4 Å². The summed E-state index contributed by atoms with van der Waals surface area (Å²) in [7, 11) is -3.78. The van der Waals surface area contributed by atoms with Gasteiger partial charge in [0.2, 0.25) is 5.91 Å². The van der Waals surface area contributed by atoms with Gasteiger partial charge >= 0.3 is 0 Å². The zero-order valence-electron chi connectivity index (χ0n) is 14.0. The summed E-state index contributed by atoms with van der Waals surface area (Å²) in [4.78, 5) is 12.0. The minimum Gasteiger partial charge on any atom is -0.352 e. The summed E-state index contributed by atoms with van der Waals surface area (Å²) in [5.74, 6) is -0.557. The van der Waals surface area contributed by atoms with E-state index in [1.807, 2.05) is 0 Å². The summed E-state index contributed by atoms with van der Waals surface area (Å²) in [5.41, 5.74) is 1.16. The van der Waals surface area contributed by atoms with Crippen LogP contribution in [-0.4, -0.2) is 33.5 Å². The highest BCUT2D eigenvalue weighted by atomic mass is 32.2. The van der Waals surface area contributed by atoms with Gasteiger partial charge in [0.15, 0.2) is 0 Å². The molecule has 2 aromatic rings. The molecule has 1 saturated heterocycles. The van der Waals surface area contributed by atoms with Crippen LogP contribution in [0.1, 0.15) is 12.0 Å². The van der Waals surface area contributed by atoms with Gasteiger partial charge in [0, 0.05) is 18.3 Å². The van der Waals surface area contributed by atoms with Crippen molar-refractivity contribution in [3.63, 3.8) is 0 Å². The lowest BCUT2D eigenvalue weighted by atomic mass is 10.1. The Bertz CT molecular complexity index is 862. The maximum absolute atomic E-state index is 12.9. The van der Waals surface area contributed by atoms with Crippen molar-refractivity contribution in [3.05, 3.63) is 59.9 Å². The van der Waals surface area contributed by atoms with Crippen molar-refractivity contribution < 1.29 is 17.6 Å². The molecule has 3 N–H and O–H groups in total. The van der Waals surface area contributed by atoms with Crippen LogP contribution >= 0.6 is 0 Å². The van der Waals surface area contributed by atoms with Crippen LogP contribution in [0.5, 0.6) is 0 Å². The van der Waals surface area contributed by atoms with Crippen LogP contribution in [0, 0.1) is 5.82 Å². The maximum Gasteiger partial charge on any atom is 0.261 e. The number of halogens is 1. The lowest BCUT2D eigenvalue weighted by Gasteiger charge is -2.12. The second-order valence-electron chi connectivity index (χ2n) is 6.19. The molecular weight excluding hydrogens is 357 g/mol.